The van der Waals surface area contributed by atoms with Crippen LogP contribution in [0, 0.1) is 5.92 Å². The molecule has 14 heavy (non-hydrogen) atoms. The molecule has 2 rings (SSSR count). The fraction of sp³-hybridized carbons (Fsp3) is 0.500. The molecule has 0 radical (unpaired) electrons. The quantitative estimate of drug-likeness (QED) is 0.732. The highest BCUT2D eigenvalue weighted by molar-refractivity contribution is 9.09. The molecular formula is C12H15BrO. The third-order valence-electron chi connectivity index (χ3n) is 2.49. The summed E-state index contributed by atoms with van der Waals surface area (Å²) < 4.78 is 5.65. The van der Waals surface area contributed by atoms with Crippen LogP contribution in [0.1, 0.15) is 18.4 Å². The number of rotatable bonds is 5. The second-order valence-corrected chi connectivity index (χ2v) is 4.63. The molecule has 0 N–H and O–H groups in total. The maximum atomic E-state index is 5.65. The minimum atomic E-state index is 0.831. The lowest BCUT2D eigenvalue weighted by molar-refractivity contribution is 0.299. The molecule has 0 aromatic heterocycles. The van der Waals surface area contributed by atoms with Crippen molar-refractivity contribution in [2.75, 3.05) is 11.9 Å². The highest BCUT2D eigenvalue weighted by atomic mass is 79.9. The van der Waals surface area contributed by atoms with Crippen molar-refractivity contribution in [1.82, 2.24) is 0 Å². The summed E-state index contributed by atoms with van der Waals surface area (Å²) in [5, 5.41) is 1.02. The van der Waals surface area contributed by atoms with E-state index in [4.69, 9.17) is 4.74 Å². The first-order chi connectivity index (χ1) is 6.88. The molecule has 0 heterocycles. The predicted octanol–water partition coefficient (Wildman–Crippen LogP) is 3.41. The molecule has 76 valence electrons. The standard InChI is InChI=1S/C12H15BrO/c13-8-7-10-3-5-12(6-4-10)14-9-11-1-2-11/h3-6,11H,1-2,7-9H2. The third kappa shape index (κ3) is 3.02. The van der Waals surface area contributed by atoms with Gasteiger partial charge in [-0.25, -0.2) is 0 Å². The summed E-state index contributed by atoms with van der Waals surface area (Å²) in [6, 6.07) is 8.42. The number of hydrogen-bond donors (Lipinski definition) is 0. The van der Waals surface area contributed by atoms with E-state index in [-0.39, 0.29) is 0 Å². The van der Waals surface area contributed by atoms with E-state index in [2.05, 4.69) is 40.2 Å². The van der Waals surface area contributed by atoms with Gasteiger partial charge in [-0.1, -0.05) is 28.1 Å². The van der Waals surface area contributed by atoms with Crippen LogP contribution in [0.15, 0.2) is 24.3 Å². The Morgan fingerprint density at radius 3 is 2.50 bits per heavy atom. The monoisotopic (exact) mass is 254 g/mol. The topological polar surface area (TPSA) is 9.23 Å². The summed E-state index contributed by atoms with van der Waals surface area (Å²) in [6.45, 7) is 0.901. The van der Waals surface area contributed by atoms with E-state index < -0.39 is 0 Å². The molecule has 1 aromatic carbocycles. The first kappa shape index (κ1) is 10.0. The molecule has 0 spiro atoms. The van der Waals surface area contributed by atoms with E-state index in [1.165, 1.54) is 18.4 Å². The molecule has 1 nitrogen and oxygen atoms in total. The van der Waals surface area contributed by atoms with E-state index in [1.54, 1.807) is 0 Å². The lowest BCUT2D eigenvalue weighted by Crippen LogP contribution is -1.98. The Morgan fingerprint density at radius 1 is 1.21 bits per heavy atom. The van der Waals surface area contributed by atoms with Crippen molar-refractivity contribution in [3.05, 3.63) is 29.8 Å². The molecule has 0 bridgehead atoms. The van der Waals surface area contributed by atoms with Crippen LogP contribution in [0.4, 0.5) is 0 Å². The van der Waals surface area contributed by atoms with E-state index >= 15 is 0 Å². The van der Waals surface area contributed by atoms with Crippen molar-refractivity contribution in [3.8, 4) is 5.75 Å². The first-order valence-electron chi connectivity index (χ1n) is 5.16. The largest absolute Gasteiger partial charge is 0.493 e. The fourth-order valence-corrected chi connectivity index (χ4v) is 1.82. The van der Waals surface area contributed by atoms with Gasteiger partial charge in [0.25, 0.3) is 0 Å². The highest BCUT2D eigenvalue weighted by Crippen LogP contribution is 2.29. The molecule has 0 aliphatic heterocycles. The van der Waals surface area contributed by atoms with Crippen LogP contribution < -0.4 is 4.74 Å². The minimum absolute atomic E-state index is 0.831. The number of hydrogen-bond acceptors (Lipinski definition) is 1. The number of halogens is 1. The zero-order valence-electron chi connectivity index (χ0n) is 8.21. The minimum Gasteiger partial charge on any atom is -0.493 e. The van der Waals surface area contributed by atoms with Gasteiger partial charge in [0.2, 0.25) is 0 Å². The molecule has 0 unspecified atom stereocenters. The van der Waals surface area contributed by atoms with Crippen LogP contribution in [-0.2, 0) is 6.42 Å². The molecule has 1 aliphatic rings. The maximum absolute atomic E-state index is 5.65. The molecule has 2 heteroatoms. The Hall–Kier alpha value is -0.500. The lowest BCUT2D eigenvalue weighted by Gasteiger charge is -2.05. The zero-order chi connectivity index (χ0) is 9.80. The highest BCUT2D eigenvalue weighted by Gasteiger charge is 2.21. The maximum Gasteiger partial charge on any atom is 0.119 e. The summed E-state index contributed by atoms with van der Waals surface area (Å²) >= 11 is 3.43. The van der Waals surface area contributed by atoms with Crippen LogP contribution in [0.25, 0.3) is 0 Å². The Labute approximate surface area is 93.6 Å². The molecule has 1 fully saturated rings. The van der Waals surface area contributed by atoms with Crippen LogP contribution in [-0.4, -0.2) is 11.9 Å². The summed E-state index contributed by atoms with van der Waals surface area (Å²) in [6.07, 6.45) is 3.78. The number of aryl methyl sites for hydroxylation is 1. The van der Waals surface area contributed by atoms with Crippen molar-refractivity contribution in [2.24, 2.45) is 5.92 Å². The summed E-state index contributed by atoms with van der Waals surface area (Å²) in [5.74, 6) is 1.84. The van der Waals surface area contributed by atoms with Gasteiger partial charge >= 0.3 is 0 Å². The SMILES string of the molecule is BrCCc1ccc(OCC2CC2)cc1. The Balaban J connectivity index is 1.84. The second-order valence-electron chi connectivity index (χ2n) is 3.84. The van der Waals surface area contributed by atoms with Gasteiger partial charge in [-0.05, 0) is 42.9 Å². The Morgan fingerprint density at radius 2 is 1.93 bits per heavy atom. The number of ether oxygens (including phenoxy) is 1. The van der Waals surface area contributed by atoms with E-state index in [0.29, 0.717) is 0 Å². The van der Waals surface area contributed by atoms with Crippen molar-refractivity contribution in [1.29, 1.82) is 0 Å². The molecule has 0 amide bonds. The second kappa shape index (κ2) is 4.83. The van der Waals surface area contributed by atoms with Gasteiger partial charge in [-0.2, -0.15) is 0 Å². The summed E-state index contributed by atoms with van der Waals surface area (Å²) in [5.41, 5.74) is 1.36. The summed E-state index contributed by atoms with van der Waals surface area (Å²) in [7, 11) is 0. The normalized spacial score (nSPS) is 15.5. The predicted molar refractivity (Wildman–Crippen MR) is 62.2 cm³/mol. The van der Waals surface area contributed by atoms with Gasteiger partial charge in [0.05, 0.1) is 6.61 Å². The third-order valence-corrected chi connectivity index (χ3v) is 2.89. The smallest absolute Gasteiger partial charge is 0.119 e. The number of alkyl halides is 1. The lowest BCUT2D eigenvalue weighted by atomic mass is 10.2. The summed E-state index contributed by atoms with van der Waals surface area (Å²) in [4.78, 5) is 0. The average molecular weight is 255 g/mol. The van der Waals surface area contributed by atoms with Crippen molar-refractivity contribution < 1.29 is 4.74 Å². The van der Waals surface area contributed by atoms with Gasteiger partial charge in [0.1, 0.15) is 5.75 Å². The van der Waals surface area contributed by atoms with Crippen LogP contribution in [0.2, 0.25) is 0 Å². The van der Waals surface area contributed by atoms with Gasteiger partial charge in [-0.15, -0.1) is 0 Å². The van der Waals surface area contributed by atoms with E-state index in [0.717, 1.165) is 30.0 Å². The molecule has 1 aromatic rings. The van der Waals surface area contributed by atoms with Crippen LogP contribution >= 0.6 is 15.9 Å². The average Bonchev–Trinajstić information content (AvgIpc) is 3.01. The van der Waals surface area contributed by atoms with Crippen molar-refractivity contribution >= 4 is 15.9 Å². The molecule has 1 saturated carbocycles. The fourth-order valence-electron chi connectivity index (χ4n) is 1.36. The van der Waals surface area contributed by atoms with Gasteiger partial charge in [-0.3, -0.25) is 0 Å². The number of benzene rings is 1. The van der Waals surface area contributed by atoms with Crippen LogP contribution in [0.3, 0.4) is 0 Å². The zero-order valence-corrected chi connectivity index (χ0v) is 9.79. The Kier molecular flexibility index (Phi) is 3.46. The van der Waals surface area contributed by atoms with Crippen LogP contribution in [0.5, 0.6) is 5.75 Å². The van der Waals surface area contributed by atoms with Gasteiger partial charge in [0.15, 0.2) is 0 Å². The first-order valence-corrected chi connectivity index (χ1v) is 6.28. The van der Waals surface area contributed by atoms with Gasteiger partial charge < -0.3 is 4.74 Å². The Bertz CT molecular complexity index is 277. The van der Waals surface area contributed by atoms with Crippen molar-refractivity contribution in [2.45, 2.75) is 19.3 Å². The molecule has 0 saturated heterocycles. The van der Waals surface area contributed by atoms with Crippen molar-refractivity contribution in [3.63, 3.8) is 0 Å². The van der Waals surface area contributed by atoms with E-state index in [1.807, 2.05) is 0 Å². The molecular weight excluding hydrogens is 240 g/mol. The van der Waals surface area contributed by atoms with E-state index in [9.17, 15) is 0 Å². The van der Waals surface area contributed by atoms with Gasteiger partial charge in [0, 0.05) is 5.33 Å². The molecule has 1 aliphatic carbocycles. The molecule has 0 atom stereocenters.